The quantitative estimate of drug-likeness (QED) is 0.166. The van der Waals surface area contributed by atoms with Crippen molar-refractivity contribution in [1.29, 1.82) is 0 Å². The Labute approximate surface area is 327 Å². The molecule has 0 saturated heterocycles. The van der Waals surface area contributed by atoms with Crippen LogP contribution in [0, 0.1) is 12.8 Å². The molecule has 4 nitrogen and oxygen atoms in total. The van der Waals surface area contributed by atoms with Crippen LogP contribution in [-0.4, -0.2) is 18.9 Å². The fraction of sp³-hybridized carbons (Fsp3) is 0.0769. The summed E-state index contributed by atoms with van der Waals surface area (Å²) in [4.78, 5) is 10.9. The summed E-state index contributed by atoms with van der Waals surface area (Å²) in [6, 6.07) is 54.0. The highest BCUT2D eigenvalue weighted by Crippen LogP contribution is 2.35. The summed E-state index contributed by atoms with van der Waals surface area (Å²) < 4.78 is 4.56. The highest BCUT2D eigenvalue weighted by molar-refractivity contribution is 5.94. The predicted octanol–water partition coefficient (Wildman–Crippen LogP) is 11.2. The number of fused-ring (bicyclic) bond motifs is 6. The largest absolute Gasteiger partial charge is 0.299 e. The number of para-hydroxylation sites is 3. The molecule has 0 unspecified atom stereocenters. The van der Waals surface area contributed by atoms with E-state index in [0.717, 1.165) is 62.0 Å². The third-order valence-corrected chi connectivity index (χ3v) is 10.3. The Kier molecular flexibility index (Phi) is 9.99. The second-order valence-electron chi connectivity index (χ2n) is 13.4. The number of terminal acetylenes is 1. The molecule has 1 aliphatic rings. The van der Waals surface area contributed by atoms with E-state index in [2.05, 4.69) is 205 Å². The molecule has 0 saturated carbocycles. The van der Waals surface area contributed by atoms with Gasteiger partial charge in [0.2, 0.25) is 0 Å². The highest BCUT2D eigenvalue weighted by Gasteiger charge is 2.25. The van der Waals surface area contributed by atoms with Crippen LogP contribution in [0.1, 0.15) is 38.3 Å². The second kappa shape index (κ2) is 15.6. The standard InChI is InChI=1S/C48H34N4.C2H6.C2H2/c1-2-3-14-37-31-41(36-26-24-32-15-7-9-17-34(32)29-36)46-45(44(37)38-27-25-33-16-8-10-18-35(33)30-38)50-47-40(21-13-28-51(46)47)48-49-42-22-11-12-23-43(42)52(48)39-19-5-4-6-20-39;2*1-2/h2-30H,31H2,1H3;1-2H3;1-2H/b3-2-,37-14+;;. The maximum Gasteiger partial charge on any atom is 0.149 e. The molecule has 0 atom stereocenters. The fourth-order valence-electron chi connectivity index (χ4n) is 7.90. The molecule has 6 aromatic carbocycles. The monoisotopic (exact) mass is 722 g/mol. The summed E-state index contributed by atoms with van der Waals surface area (Å²) in [6.45, 7) is 6.07. The smallest absolute Gasteiger partial charge is 0.149 e. The number of aromatic nitrogens is 4. The van der Waals surface area contributed by atoms with E-state index in [4.69, 9.17) is 9.97 Å². The van der Waals surface area contributed by atoms with Crippen molar-refractivity contribution in [2.24, 2.45) is 0 Å². The topological polar surface area (TPSA) is 35.1 Å². The van der Waals surface area contributed by atoms with Crippen molar-refractivity contribution in [2.45, 2.75) is 27.2 Å². The zero-order valence-electron chi connectivity index (χ0n) is 31.9. The van der Waals surface area contributed by atoms with Gasteiger partial charge in [-0.25, -0.2) is 9.97 Å². The number of allylic oxidation sites excluding steroid dienone is 4. The molecule has 4 heteroatoms. The minimum atomic E-state index is 0.762. The summed E-state index contributed by atoms with van der Waals surface area (Å²) in [7, 11) is 0. The Morgan fingerprint density at radius 2 is 1.25 bits per heavy atom. The Balaban J connectivity index is 0.00000107. The Hall–Kier alpha value is -7.22. The van der Waals surface area contributed by atoms with Crippen LogP contribution in [0.5, 0.6) is 0 Å². The molecule has 1 aliphatic carbocycles. The molecule has 56 heavy (non-hydrogen) atoms. The molecule has 3 heterocycles. The maximum atomic E-state index is 5.66. The van der Waals surface area contributed by atoms with Crippen molar-refractivity contribution in [1.82, 2.24) is 18.9 Å². The van der Waals surface area contributed by atoms with E-state index < -0.39 is 0 Å². The summed E-state index contributed by atoms with van der Waals surface area (Å²) in [6.07, 6.45) is 17.5. The van der Waals surface area contributed by atoms with E-state index in [9.17, 15) is 0 Å². The van der Waals surface area contributed by atoms with Crippen LogP contribution in [0.15, 0.2) is 182 Å². The number of imidazole rings is 2. The molecule has 0 radical (unpaired) electrons. The molecule has 270 valence electrons. The van der Waals surface area contributed by atoms with Crippen molar-refractivity contribution in [2.75, 3.05) is 0 Å². The van der Waals surface area contributed by atoms with E-state index in [1.807, 2.05) is 13.8 Å². The first-order chi connectivity index (χ1) is 27.7. The molecular formula is C52H42N4. The number of rotatable bonds is 5. The lowest BCUT2D eigenvalue weighted by atomic mass is 9.85. The fourth-order valence-corrected chi connectivity index (χ4v) is 7.90. The molecule has 0 bridgehead atoms. The summed E-state index contributed by atoms with van der Waals surface area (Å²) in [5.41, 5.74) is 10.9. The number of benzene rings is 6. The van der Waals surface area contributed by atoms with Crippen LogP contribution in [0.4, 0.5) is 0 Å². The van der Waals surface area contributed by atoms with Crippen LogP contribution in [0.3, 0.4) is 0 Å². The van der Waals surface area contributed by atoms with Crippen molar-refractivity contribution >= 4 is 49.4 Å². The summed E-state index contributed by atoms with van der Waals surface area (Å²) in [5.74, 6) is 0.865. The van der Waals surface area contributed by atoms with Gasteiger partial charge in [-0.05, 0) is 99.3 Å². The van der Waals surface area contributed by atoms with Gasteiger partial charge in [0.25, 0.3) is 0 Å². The van der Waals surface area contributed by atoms with Crippen molar-refractivity contribution in [3.8, 4) is 29.9 Å². The van der Waals surface area contributed by atoms with Crippen LogP contribution in [0.2, 0.25) is 0 Å². The van der Waals surface area contributed by atoms with E-state index in [0.29, 0.717) is 0 Å². The van der Waals surface area contributed by atoms with Gasteiger partial charge in [-0.15, -0.1) is 12.8 Å². The molecular weight excluding hydrogens is 681 g/mol. The molecule has 0 fully saturated rings. The lowest BCUT2D eigenvalue weighted by molar-refractivity contribution is 1.07. The molecule has 9 aromatic rings. The molecule has 3 aromatic heterocycles. The zero-order valence-corrected chi connectivity index (χ0v) is 31.9. The predicted molar refractivity (Wildman–Crippen MR) is 236 cm³/mol. The normalized spacial score (nSPS) is 13.2. The molecule has 0 amide bonds. The maximum absolute atomic E-state index is 5.66. The Morgan fingerprint density at radius 1 is 0.625 bits per heavy atom. The highest BCUT2D eigenvalue weighted by atomic mass is 15.1. The molecule has 0 N–H and O–H groups in total. The van der Waals surface area contributed by atoms with Crippen LogP contribution >= 0.6 is 0 Å². The zero-order chi connectivity index (χ0) is 38.6. The third-order valence-electron chi connectivity index (χ3n) is 10.3. The first-order valence-electron chi connectivity index (χ1n) is 19.2. The van der Waals surface area contributed by atoms with Gasteiger partial charge in [-0.2, -0.15) is 0 Å². The average molecular weight is 723 g/mol. The minimum absolute atomic E-state index is 0.762. The van der Waals surface area contributed by atoms with E-state index in [1.54, 1.807) is 0 Å². The first kappa shape index (κ1) is 35.8. The first-order valence-corrected chi connectivity index (χ1v) is 19.2. The van der Waals surface area contributed by atoms with Gasteiger partial charge in [-0.3, -0.25) is 8.97 Å². The Morgan fingerprint density at radius 3 is 1.96 bits per heavy atom. The van der Waals surface area contributed by atoms with Crippen LogP contribution in [-0.2, 0) is 0 Å². The van der Waals surface area contributed by atoms with Gasteiger partial charge >= 0.3 is 0 Å². The SMILES string of the molecule is C#C.C/C=C\C=C1/CC(c2ccc3ccccc3c2)=c2c(nc3c(-c4nc5ccccc5n4-c4ccccc4)cccn23)=C1c1ccc2ccccc2c1.CC. The van der Waals surface area contributed by atoms with E-state index in [-0.39, 0.29) is 0 Å². The lowest BCUT2D eigenvalue weighted by Crippen LogP contribution is -2.36. The number of pyridine rings is 1. The van der Waals surface area contributed by atoms with Gasteiger partial charge < -0.3 is 0 Å². The third kappa shape index (κ3) is 6.20. The number of hydrogen-bond donors (Lipinski definition) is 0. The van der Waals surface area contributed by atoms with E-state index in [1.165, 1.54) is 38.3 Å². The second-order valence-corrected chi connectivity index (χ2v) is 13.4. The van der Waals surface area contributed by atoms with E-state index >= 15 is 0 Å². The van der Waals surface area contributed by atoms with Gasteiger partial charge in [-0.1, -0.05) is 135 Å². The molecule has 10 rings (SSSR count). The lowest BCUT2D eigenvalue weighted by Gasteiger charge is -2.20. The minimum Gasteiger partial charge on any atom is -0.299 e. The summed E-state index contributed by atoms with van der Waals surface area (Å²) >= 11 is 0. The number of nitrogens with zero attached hydrogens (tertiary/aromatic N) is 4. The van der Waals surface area contributed by atoms with Crippen LogP contribution in [0.25, 0.3) is 66.4 Å². The van der Waals surface area contributed by atoms with Gasteiger partial charge in [0.05, 0.1) is 27.3 Å². The van der Waals surface area contributed by atoms with Crippen LogP contribution < -0.4 is 10.7 Å². The van der Waals surface area contributed by atoms with Crippen molar-refractivity contribution in [3.63, 3.8) is 0 Å². The van der Waals surface area contributed by atoms with Gasteiger partial charge in [0, 0.05) is 23.9 Å². The van der Waals surface area contributed by atoms with Gasteiger partial charge in [0.1, 0.15) is 11.5 Å². The van der Waals surface area contributed by atoms with Crippen molar-refractivity contribution in [3.05, 3.63) is 203 Å². The molecule has 0 spiro atoms. The van der Waals surface area contributed by atoms with Crippen molar-refractivity contribution < 1.29 is 0 Å². The van der Waals surface area contributed by atoms with Gasteiger partial charge in [0.15, 0.2) is 0 Å². The Bertz CT molecular complexity index is 3100. The average Bonchev–Trinajstić information content (AvgIpc) is 3.86. The summed E-state index contributed by atoms with van der Waals surface area (Å²) in [5, 5.41) is 7.00. The molecule has 0 aliphatic heterocycles. The number of hydrogen-bond acceptors (Lipinski definition) is 2.